The monoisotopic (exact) mass is 275 g/mol. The molecule has 1 aliphatic heterocycles. The SMILES string of the molecule is COc1ccccc1C1(CC(C)(C)C)CCCCCN1. The average Bonchev–Trinajstić information content (AvgIpc) is 2.63. The first-order chi connectivity index (χ1) is 9.47. The van der Waals surface area contributed by atoms with Gasteiger partial charge in [-0.2, -0.15) is 0 Å². The summed E-state index contributed by atoms with van der Waals surface area (Å²) in [5, 5.41) is 3.86. The first-order valence-corrected chi connectivity index (χ1v) is 7.85. The number of hydrogen-bond donors (Lipinski definition) is 1. The van der Waals surface area contributed by atoms with Crippen molar-refractivity contribution in [3.05, 3.63) is 29.8 Å². The molecule has 2 nitrogen and oxygen atoms in total. The molecule has 1 unspecified atom stereocenters. The van der Waals surface area contributed by atoms with Gasteiger partial charge in [0.2, 0.25) is 0 Å². The van der Waals surface area contributed by atoms with E-state index < -0.39 is 0 Å². The second-order valence-electron chi connectivity index (χ2n) is 7.26. The van der Waals surface area contributed by atoms with Crippen molar-refractivity contribution in [3.63, 3.8) is 0 Å². The number of benzene rings is 1. The van der Waals surface area contributed by atoms with E-state index in [1.165, 1.54) is 31.2 Å². The lowest BCUT2D eigenvalue weighted by Gasteiger charge is -2.40. The van der Waals surface area contributed by atoms with Crippen molar-refractivity contribution in [1.82, 2.24) is 5.32 Å². The fourth-order valence-corrected chi connectivity index (χ4v) is 3.57. The highest BCUT2D eigenvalue weighted by molar-refractivity contribution is 5.39. The molecule has 0 radical (unpaired) electrons. The third-order valence-electron chi connectivity index (χ3n) is 4.20. The summed E-state index contributed by atoms with van der Waals surface area (Å²) in [5.41, 5.74) is 1.68. The van der Waals surface area contributed by atoms with E-state index in [9.17, 15) is 0 Å². The molecule has 0 aromatic heterocycles. The van der Waals surface area contributed by atoms with Gasteiger partial charge >= 0.3 is 0 Å². The predicted octanol–water partition coefficient (Wildman–Crippen LogP) is 4.49. The highest BCUT2D eigenvalue weighted by Crippen LogP contribution is 2.43. The average molecular weight is 275 g/mol. The van der Waals surface area contributed by atoms with Gasteiger partial charge in [-0.25, -0.2) is 0 Å². The van der Waals surface area contributed by atoms with Crippen LogP contribution in [0.5, 0.6) is 5.75 Å². The highest BCUT2D eigenvalue weighted by atomic mass is 16.5. The Kier molecular flexibility index (Phi) is 4.74. The summed E-state index contributed by atoms with van der Waals surface area (Å²) in [6.07, 6.45) is 6.24. The van der Waals surface area contributed by atoms with Gasteiger partial charge < -0.3 is 10.1 Å². The molecule has 2 rings (SSSR count). The van der Waals surface area contributed by atoms with Crippen molar-refractivity contribution in [3.8, 4) is 5.75 Å². The Labute approximate surface area is 123 Å². The number of rotatable bonds is 3. The maximum Gasteiger partial charge on any atom is 0.123 e. The van der Waals surface area contributed by atoms with Crippen molar-refractivity contribution in [2.75, 3.05) is 13.7 Å². The van der Waals surface area contributed by atoms with Gasteiger partial charge in [0.05, 0.1) is 7.11 Å². The van der Waals surface area contributed by atoms with Crippen LogP contribution in [0.25, 0.3) is 0 Å². The zero-order valence-electron chi connectivity index (χ0n) is 13.5. The summed E-state index contributed by atoms with van der Waals surface area (Å²) in [5.74, 6) is 1.02. The van der Waals surface area contributed by atoms with Gasteiger partial charge in [0.25, 0.3) is 0 Å². The Morgan fingerprint density at radius 1 is 1.15 bits per heavy atom. The molecule has 1 atom stereocenters. The fraction of sp³-hybridized carbons (Fsp3) is 0.667. The first kappa shape index (κ1) is 15.4. The van der Waals surface area contributed by atoms with Crippen LogP contribution >= 0.6 is 0 Å². The van der Waals surface area contributed by atoms with E-state index in [1.807, 2.05) is 0 Å². The lowest BCUT2D eigenvalue weighted by atomic mass is 9.73. The van der Waals surface area contributed by atoms with Crippen molar-refractivity contribution < 1.29 is 4.74 Å². The molecule has 1 saturated heterocycles. The topological polar surface area (TPSA) is 21.3 Å². The van der Waals surface area contributed by atoms with Crippen LogP contribution in [0.15, 0.2) is 24.3 Å². The largest absolute Gasteiger partial charge is 0.496 e. The van der Waals surface area contributed by atoms with Gasteiger partial charge in [-0.05, 0) is 37.3 Å². The molecular formula is C18H29NO. The van der Waals surface area contributed by atoms with E-state index >= 15 is 0 Å². The Morgan fingerprint density at radius 3 is 2.60 bits per heavy atom. The van der Waals surface area contributed by atoms with Gasteiger partial charge in [0, 0.05) is 11.1 Å². The summed E-state index contributed by atoms with van der Waals surface area (Å²) in [7, 11) is 1.78. The van der Waals surface area contributed by atoms with Crippen molar-refractivity contribution in [2.45, 2.75) is 58.4 Å². The van der Waals surface area contributed by atoms with E-state index in [4.69, 9.17) is 4.74 Å². The van der Waals surface area contributed by atoms with Crippen LogP contribution in [0.4, 0.5) is 0 Å². The van der Waals surface area contributed by atoms with E-state index in [0.29, 0.717) is 0 Å². The number of nitrogens with one attached hydrogen (secondary N) is 1. The molecule has 20 heavy (non-hydrogen) atoms. The minimum absolute atomic E-state index is 0.0569. The van der Waals surface area contributed by atoms with Gasteiger partial charge in [0.1, 0.15) is 5.75 Å². The second-order valence-corrected chi connectivity index (χ2v) is 7.26. The molecule has 112 valence electrons. The molecule has 2 heteroatoms. The number of methoxy groups -OCH3 is 1. The third-order valence-corrected chi connectivity index (χ3v) is 4.20. The van der Waals surface area contributed by atoms with Crippen LogP contribution < -0.4 is 10.1 Å². The maximum absolute atomic E-state index is 5.64. The van der Waals surface area contributed by atoms with E-state index in [2.05, 4.69) is 50.4 Å². The molecule has 1 fully saturated rings. The maximum atomic E-state index is 5.64. The Morgan fingerprint density at radius 2 is 1.90 bits per heavy atom. The Balaban J connectivity index is 2.44. The van der Waals surface area contributed by atoms with Crippen molar-refractivity contribution in [1.29, 1.82) is 0 Å². The molecule has 0 bridgehead atoms. The summed E-state index contributed by atoms with van der Waals surface area (Å²) < 4.78 is 5.64. The van der Waals surface area contributed by atoms with E-state index in [-0.39, 0.29) is 11.0 Å². The molecule has 1 heterocycles. The molecular weight excluding hydrogens is 246 g/mol. The Hall–Kier alpha value is -1.02. The molecule has 0 spiro atoms. The quantitative estimate of drug-likeness (QED) is 0.877. The first-order valence-electron chi connectivity index (χ1n) is 7.85. The van der Waals surface area contributed by atoms with Gasteiger partial charge in [-0.3, -0.25) is 0 Å². The zero-order valence-corrected chi connectivity index (χ0v) is 13.5. The molecule has 0 aliphatic carbocycles. The fourth-order valence-electron chi connectivity index (χ4n) is 3.57. The number of para-hydroxylation sites is 1. The Bertz CT molecular complexity index is 425. The minimum Gasteiger partial charge on any atom is -0.496 e. The summed E-state index contributed by atoms with van der Waals surface area (Å²) in [6, 6.07) is 8.52. The van der Waals surface area contributed by atoms with E-state index in [0.717, 1.165) is 18.7 Å². The molecule has 1 N–H and O–H groups in total. The van der Waals surface area contributed by atoms with Crippen LogP contribution in [-0.2, 0) is 5.54 Å². The summed E-state index contributed by atoms with van der Waals surface area (Å²) in [4.78, 5) is 0. The summed E-state index contributed by atoms with van der Waals surface area (Å²) in [6.45, 7) is 8.10. The lowest BCUT2D eigenvalue weighted by Crippen LogP contribution is -2.44. The van der Waals surface area contributed by atoms with Crippen LogP contribution in [0, 0.1) is 5.41 Å². The highest BCUT2D eigenvalue weighted by Gasteiger charge is 2.38. The van der Waals surface area contributed by atoms with Gasteiger partial charge in [0.15, 0.2) is 0 Å². The van der Waals surface area contributed by atoms with Crippen LogP contribution in [0.1, 0.15) is 58.4 Å². The predicted molar refractivity (Wildman–Crippen MR) is 85.2 cm³/mol. The molecule has 1 aromatic carbocycles. The standard InChI is InChI=1S/C18H29NO/c1-17(2,3)14-18(12-8-5-9-13-19-18)15-10-6-7-11-16(15)20-4/h6-7,10-11,19H,5,8-9,12-14H2,1-4H3. The van der Waals surface area contributed by atoms with E-state index in [1.54, 1.807) is 7.11 Å². The molecule has 0 saturated carbocycles. The molecule has 0 amide bonds. The normalized spacial score (nSPS) is 24.2. The zero-order chi connectivity index (χ0) is 14.6. The van der Waals surface area contributed by atoms with Gasteiger partial charge in [-0.15, -0.1) is 0 Å². The van der Waals surface area contributed by atoms with Crippen molar-refractivity contribution in [2.24, 2.45) is 5.41 Å². The smallest absolute Gasteiger partial charge is 0.123 e. The third kappa shape index (κ3) is 3.54. The number of ether oxygens (including phenoxy) is 1. The van der Waals surface area contributed by atoms with Crippen LogP contribution in [0.3, 0.4) is 0 Å². The minimum atomic E-state index is 0.0569. The summed E-state index contributed by atoms with van der Waals surface area (Å²) >= 11 is 0. The van der Waals surface area contributed by atoms with Crippen LogP contribution in [-0.4, -0.2) is 13.7 Å². The molecule has 1 aromatic rings. The number of hydrogen-bond acceptors (Lipinski definition) is 2. The van der Waals surface area contributed by atoms with Gasteiger partial charge in [-0.1, -0.05) is 51.8 Å². The van der Waals surface area contributed by atoms with Crippen LogP contribution in [0.2, 0.25) is 0 Å². The lowest BCUT2D eigenvalue weighted by molar-refractivity contribution is 0.197. The second kappa shape index (κ2) is 6.17. The van der Waals surface area contributed by atoms with Crippen molar-refractivity contribution >= 4 is 0 Å². The molecule has 1 aliphatic rings.